The molecule has 8 heterocycles. The van der Waals surface area contributed by atoms with Crippen LogP contribution in [0.1, 0.15) is 0 Å². The van der Waals surface area contributed by atoms with Crippen molar-refractivity contribution in [1.82, 2.24) is 39.2 Å². The number of nitrogens with zero attached hydrogens (tertiary/aromatic N) is 11. The van der Waals surface area contributed by atoms with Crippen molar-refractivity contribution in [2.45, 2.75) is 0 Å². The molecule has 3 N–H and O–H groups in total. The molecule has 2 aliphatic rings. The SMILES string of the molecule is CI.CSC(=Nc1ccc(-c2nc(N3CCOCC3)c3cccn3n2)cc1)Nc1cccnc1.S=C(Nc1ccc(-c2nc(N3CCOCC3)c3cccn3n2)cc1)Nc1cccnc1. The van der Waals surface area contributed by atoms with Gasteiger partial charge in [0.15, 0.2) is 33.6 Å². The minimum atomic E-state index is 0.500. The molecule has 10 rings (SSSR count). The van der Waals surface area contributed by atoms with Gasteiger partial charge in [-0.2, -0.15) is 0 Å². The summed E-state index contributed by atoms with van der Waals surface area (Å²) in [4.78, 5) is 29.2. The summed E-state index contributed by atoms with van der Waals surface area (Å²) in [6, 6.07) is 31.6. The van der Waals surface area contributed by atoms with Crippen LogP contribution in [0.2, 0.25) is 0 Å². The number of amidine groups is 1. The average molecular weight is 1020 g/mol. The highest BCUT2D eigenvalue weighted by Gasteiger charge is 2.20. The molecule has 0 aliphatic carbocycles. The maximum atomic E-state index is 5.51. The van der Waals surface area contributed by atoms with Crippen molar-refractivity contribution >= 4 is 102 Å². The first kappa shape index (κ1) is 45.3. The summed E-state index contributed by atoms with van der Waals surface area (Å²) < 4.78 is 14.8. The Morgan fingerprint density at radius 2 is 1.09 bits per heavy atom. The van der Waals surface area contributed by atoms with E-state index in [4.69, 9.17) is 41.8 Å². The molecule has 2 aliphatic heterocycles. The van der Waals surface area contributed by atoms with Crippen molar-refractivity contribution in [3.8, 4) is 22.8 Å². The predicted molar refractivity (Wildman–Crippen MR) is 275 cm³/mol. The second-order valence-electron chi connectivity index (χ2n) is 14.3. The number of pyridine rings is 2. The van der Waals surface area contributed by atoms with Gasteiger partial charge in [0.1, 0.15) is 11.0 Å². The van der Waals surface area contributed by atoms with Gasteiger partial charge < -0.3 is 35.2 Å². The Hall–Kier alpha value is -6.26. The number of anilines is 5. The average Bonchev–Trinajstić information content (AvgIpc) is 4.06. The van der Waals surface area contributed by atoms with Gasteiger partial charge in [0.25, 0.3) is 0 Å². The standard InChI is InChI=1S/C23H23N7OS.C22H21N7OS.CH3I/c1-32-23(26-19-4-2-10-24-16-19)25-18-8-6-17(7-9-18)21-27-22(29-12-14-31-15-13-29)20-5-3-11-30(20)28-21;31-22(25-18-3-1-9-23-15-18)24-17-7-5-16(6-8-17)20-26-21(28-11-13-30-14-12-28)19-4-2-10-29(19)27-20;1-2/h2-11,16H,12-15H2,1H3,(H,25,26);1-10,15H,11-14H2,(H2,24,25,31);1H3. The maximum absolute atomic E-state index is 5.51. The van der Waals surface area contributed by atoms with E-state index in [0.717, 1.165) is 87.9 Å². The molecule has 2 aromatic carbocycles. The summed E-state index contributed by atoms with van der Waals surface area (Å²) in [5.41, 5.74) is 7.34. The zero-order valence-electron chi connectivity index (χ0n) is 35.8. The number of benzene rings is 2. The number of alkyl halides is 1. The Labute approximate surface area is 400 Å². The van der Waals surface area contributed by atoms with Crippen molar-refractivity contribution in [2.24, 2.45) is 4.99 Å². The molecule has 0 bridgehead atoms. The Morgan fingerprint density at radius 1 is 0.615 bits per heavy atom. The number of morpholine rings is 2. The quantitative estimate of drug-likeness (QED) is 0.0437. The van der Waals surface area contributed by atoms with E-state index in [1.54, 1.807) is 36.5 Å². The number of ether oxygens (including phenoxy) is 2. The van der Waals surface area contributed by atoms with E-state index in [0.29, 0.717) is 43.2 Å². The molecule has 16 nitrogen and oxygen atoms in total. The van der Waals surface area contributed by atoms with E-state index in [-0.39, 0.29) is 0 Å². The summed E-state index contributed by atoms with van der Waals surface area (Å²) in [5, 5.41) is 20.3. The molecule has 0 unspecified atom stereocenters. The fourth-order valence-corrected chi connectivity index (χ4v) is 7.67. The number of hydrogen-bond donors (Lipinski definition) is 3. The van der Waals surface area contributed by atoms with E-state index in [1.165, 1.54) is 0 Å². The van der Waals surface area contributed by atoms with Gasteiger partial charge in [-0.3, -0.25) is 9.97 Å². The molecule has 65 heavy (non-hydrogen) atoms. The summed E-state index contributed by atoms with van der Waals surface area (Å²) in [5.74, 6) is 3.23. The molecule has 2 fully saturated rings. The van der Waals surface area contributed by atoms with Crippen LogP contribution in [-0.2, 0) is 9.47 Å². The highest BCUT2D eigenvalue weighted by Crippen LogP contribution is 2.28. The first-order chi connectivity index (χ1) is 32.1. The molecule has 0 atom stereocenters. The predicted octanol–water partition coefficient (Wildman–Crippen LogP) is 8.58. The maximum Gasteiger partial charge on any atom is 0.182 e. The van der Waals surface area contributed by atoms with Crippen LogP contribution in [-0.4, -0.2) is 113 Å². The Bertz CT molecular complexity index is 2800. The van der Waals surface area contributed by atoms with Crippen LogP contribution in [0.3, 0.4) is 0 Å². The minimum Gasteiger partial charge on any atom is -0.378 e. The van der Waals surface area contributed by atoms with Crippen LogP contribution in [0, 0.1) is 0 Å². The molecular weight excluding hydrogens is 972 g/mol. The normalized spacial score (nSPS) is 13.9. The second-order valence-corrected chi connectivity index (χ2v) is 15.5. The van der Waals surface area contributed by atoms with Gasteiger partial charge in [-0.15, -0.1) is 10.2 Å². The lowest BCUT2D eigenvalue weighted by atomic mass is 10.2. The highest BCUT2D eigenvalue weighted by atomic mass is 127. The number of aromatic nitrogens is 8. The molecule has 2 saturated heterocycles. The first-order valence-corrected chi connectivity index (χ1v) is 24.6. The van der Waals surface area contributed by atoms with E-state index >= 15 is 0 Å². The molecule has 19 heteroatoms. The number of fused-ring (bicyclic) bond motifs is 2. The number of hydrogen-bond acceptors (Lipinski definition) is 13. The Morgan fingerprint density at radius 3 is 1.57 bits per heavy atom. The number of rotatable bonds is 8. The van der Waals surface area contributed by atoms with Crippen LogP contribution in [0.5, 0.6) is 0 Å². The van der Waals surface area contributed by atoms with E-state index in [9.17, 15) is 0 Å². The van der Waals surface area contributed by atoms with Crippen molar-refractivity contribution in [3.63, 3.8) is 0 Å². The topological polar surface area (TPSA) is 160 Å². The number of aliphatic imine (C=N–C) groups is 1. The zero-order valence-corrected chi connectivity index (χ0v) is 39.6. The van der Waals surface area contributed by atoms with Gasteiger partial charge in [-0.25, -0.2) is 24.0 Å². The van der Waals surface area contributed by atoms with Gasteiger partial charge in [0, 0.05) is 67.8 Å². The monoisotopic (exact) mass is 1020 g/mol. The molecule has 0 radical (unpaired) electrons. The van der Waals surface area contributed by atoms with Crippen LogP contribution < -0.4 is 25.8 Å². The first-order valence-electron chi connectivity index (χ1n) is 20.8. The Balaban J connectivity index is 0.000000171. The smallest absolute Gasteiger partial charge is 0.182 e. The van der Waals surface area contributed by atoms with Crippen molar-refractivity contribution in [3.05, 3.63) is 134 Å². The largest absolute Gasteiger partial charge is 0.378 e. The number of thiocarbonyl (C=S) groups is 1. The minimum absolute atomic E-state index is 0.500. The van der Waals surface area contributed by atoms with Crippen molar-refractivity contribution in [1.29, 1.82) is 0 Å². The molecule has 6 aromatic heterocycles. The van der Waals surface area contributed by atoms with Gasteiger partial charge in [0.05, 0.1) is 55.9 Å². The number of halogens is 1. The molecular formula is C46H47IN14O2S2. The lowest BCUT2D eigenvalue weighted by Crippen LogP contribution is -2.37. The fraction of sp³-hybridized carbons (Fsp3) is 0.217. The lowest BCUT2D eigenvalue weighted by Gasteiger charge is -2.28. The highest BCUT2D eigenvalue weighted by molar-refractivity contribution is 14.1. The van der Waals surface area contributed by atoms with Crippen LogP contribution in [0.25, 0.3) is 33.8 Å². The van der Waals surface area contributed by atoms with E-state index < -0.39 is 0 Å². The summed E-state index contributed by atoms with van der Waals surface area (Å²) in [6.45, 7) is 6.13. The van der Waals surface area contributed by atoms with Crippen molar-refractivity contribution in [2.75, 3.05) is 89.5 Å². The summed E-state index contributed by atoms with van der Waals surface area (Å²) >= 11 is 9.08. The number of thioether (sulfide) groups is 1. The molecule has 0 amide bonds. The van der Waals surface area contributed by atoms with E-state index in [2.05, 4.69) is 63.4 Å². The second kappa shape index (κ2) is 22.6. The molecule has 332 valence electrons. The van der Waals surface area contributed by atoms with Crippen LogP contribution >= 0.6 is 46.6 Å². The third-order valence-electron chi connectivity index (χ3n) is 10.1. The fourth-order valence-electron chi connectivity index (χ4n) is 7.02. The van der Waals surface area contributed by atoms with Crippen molar-refractivity contribution < 1.29 is 9.47 Å². The summed E-state index contributed by atoms with van der Waals surface area (Å²) in [7, 11) is 0. The number of nitrogens with one attached hydrogen (secondary N) is 3. The third kappa shape index (κ3) is 11.7. The third-order valence-corrected chi connectivity index (χ3v) is 10.9. The molecule has 8 aromatic rings. The van der Waals surface area contributed by atoms with Gasteiger partial charge >= 0.3 is 0 Å². The van der Waals surface area contributed by atoms with E-state index in [1.807, 2.05) is 130 Å². The Kier molecular flexibility index (Phi) is 15.7. The zero-order chi connectivity index (χ0) is 44.8. The molecule has 0 saturated carbocycles. The van der Waals surface area contributed by atoms with Crippen LogP contribution in [0.4, 0.5) is 34.4 Å². The summed E-state index contributed by atoms with van der Waals surface area (Å²) in [6.07, 6.45) is 12.9. The van der Waals surface area contributed by atoms with Gasteiger partial charge in [0.2, 0.25) is 0 Å². The van der Waals surface area contributed by atoms with Crippen LogP contribution in [0.15, 0.2) is 139 Å². The van der Waals surface area contributed by atoms with Gasteiger partial charge in [-0.1, -0.05) is 34.4 Å². The van der Waals surface area contributed by atoms with Gasteiger partial charge in [-0.05, 0) is 120 Å². The lowest BCUT2D eigenvalue weighted by molar-refractivity contribution is 0.122. The molecule has 0 spiro atoms.